The van der Waals surface area contributed by atoms with Crippen LogP contribution in [0.3, 0.4) is 0 Å². The molecule has 0 aliphatic carbocycles. The first-order valence-electron chi connectivity index (χ1n) is 8.72. The quantitative estimate of drug-likeness (QED) is 0.466. The third-order valence-corrected chi connectivity index (χ3v) is 4.80. The van der Waals surface area contributed by atoms with E-state index in [1.54, 1.807) is 12.1 Å². The highest BCUT2D eigenvalue weighted by atomic mass is 35.5. The molecule has 148 valence electrons. The average Bonchev–Trinajstić information content (AvgIpc) is 2.69. The lowest BCUT2D eigenvalue weighted by atomic mass is 10.1. The van der Waals surface area contributed by atoms with E-state index in [2.05, 4.69) is 5.32 Å². The van der Waals surface area contributed by atoms with Crippen LogP contribution < -0.4 is 10.1 Å². The highest BCUT2D eigenvalue weighted by molar-refractivity contribution is 6.35. The molecule has 0 aromatic heterocycles. The number of rotatable bonds is 8. The standard InChI is InChI=1S/C22H21Cl2NO2.ClH/c23-19-11-10-18(20(24)12-19)15-27-22-9-5-4-8-17(22)13-25-14-21(26)16-6-2-1-3-7-16;/h1-12,21,25-26H,13-15H2;1H. The van der Waals surface area contributed by atoms with E-state index in [4.69, 9.17) is 27.9 Å². The number of hydrogen-bond acceptors (Lipinski definition) is 3. The van der Waals surface area contributed by atoms with Crippen LogP contribution in [-0.4, -0.2) is 11.7 Å². The van der Waals surface area contributed by atoms with E-state index in [1.165, 1.54) is 0 Å². The molecule has 3 rings (SSSR count). The summed E-state index contributed by atoms with van der Waals surface area (Å²) in [5, 5.41) is 14.7. The molecule has 0 amide bonds. The molecule has 2 N–H and O–H groups in total. The Kier molecular flexibility index (Phi) is 9.10. The number of benzene rings is 3. The van der Waals surface area contributed by atoms with Crippen LogP contribution in [0.1, 0.15) is 22.8 Å². The topological polar surface area (TPSA) is 41.5 Å². The van der Waals surface area contributed by atoms with E-state index >= 15 is 0 Å². The number of nitrogens with one attached hydrogen (secondary N) is 1. The van der Waals surface area contributed by atoms with E-state index in [9.17, 15) is 5.11 Å². The second-order valence-corrected chi connectivity index (χ2v) is 7.03. The van der Waals surface area contributed by atoms with E-state index in [0.29, 0.717) is 29.7 Å². The van der Waals surface area contributed by atoms with Crippen molar-refractivity contribution >= 4 is 35.6 Å². The van der Waals surface area contributed by atoms with Gasteiger partial charge in [-0.25, -0.2) is 0 Å². The summed E-state index contributed by atoms with van der Waals surface area (Å²) in [6.07, 6.45) is -0.549. The summed E-state index contributed by atoms with van der Waals surface area (Å²) in [6.45, 7) is 1.41. The van der Waals surface area contributed by atoms with Gasteiger partial charge in [0.1, 0.15) is 12.4 Å². The Morgan fingerprint density at radius 2 is 1.61 bits per heavy atom. The Balaban J connectivity index is 0.00000280. The van der Waals surface area contributed by atoms with Gasteiger partial charge in [0.15, 0.2) is 0 Å². The Bertz CT molecular complexity index is 875. The van der Waals surface area contributed by atoms with Gasteiger partial charge in [0, 0.05) is 34.3 Å². The molecule has 3 nitrogen and oxygen atoms in total. The molecule has 0 radical (unpaired) electrons. The molecule has 3 aromatic carbocycles. The van der Waals surface area contributed by atoms with E-state index in [-0.39, 0.29) is 12.4 Å². The summed E-state index contributed by atoms with van der Waals surface area (Å²) in [5.74, 6) is 0.783. The SMILES string of the molecule is Cl.OC(CNCc1ccccc1OCc1ccc(Cl)cc1Cl)c1ccccc1. The fourth-order valence-electron chi connectivity index (χ4n) is 2.72. The van der Waals surface area contributed by atoms with Crippen LogP contribution in [0.25, 0.3) is 0 Å². The summed E-state index contributed by atoms with van der Waals surface area (Å²) >= 11 is 12.1. The van der Waals surface area contributed by atoms with E-state index in [1.807, 2.05) is 60.7 Å². The molecule has 0 spiro atoms. The van der Waals surface area contributed by atoms with Gasteiger partial charge in [-0.2, -0.15) is 0 Å². The van der Waals surface area contributed by atoms with Crippen LogP contribution in [0.15, 0.2) is 72.8 Å². The third kappa shape index (κ3) is 6.40. The zero-order valence-corrected chi connectivity index (χ0v) is 17.5. The fourth-order valence-corrected chi connectivity index (χ4v) is 3.18. The summed E-state index contributed by atoms with van der Waals surface area (Å²) in [6, 6.07) is 22.8. The molecule has 0 heterocycles. The van der Waals surface area contributed by atoms with Crippen molar-refractivity contribution in [1.82, 2.24) is 5.32 Å². The molecule has 1 atom stereocenters. The maximum Gasteiger partial charge on any atom is 0.124 e. The molecular weight excluding hydrogens is 417 g/mol. The van der Waals surface area contributed by atoms with E-state index in [0.717, 1.165) is 22.4 Å². The van der Waals surface area contributed by atoms with Crippen molar-refractivity contribution in [1.29, 1.82) is 0 Å². The van der Waals surface area contributed by atoms with Gasteiger partial charge in [-0.15, -0.1) is 12.4 Å². The van der Waals surface area contributed by atoms with Crippen LogP contribution in [-0.2, 0) is 13.2 Å². The first kappa shape index (κ1) is 22.5. The third-order valence-electron chi connectivity index (χ3n) is 4.21. The molecule has 6 heteroatoms. The zero-order chi connectivity index (χ0) is 19.1. The summed E-state index contributed by atoms with van der Waals surface area (Å²) in [4.78, 5) is 0. The molecule has 0 saturated carbocycles. The smallest absolute Gasteiger partial charge is 0.124 e. The molecule has 3 aromatic rings. The molecule has 0 fully saturated rings. The number of ether oxygens (including phenoxy) is 1. The van der Waals surface area contributed by atoms with Gasteiger partial charge in [-0.05, 0) is 23.8 Å². The predicted octanol–water partition coefficient (Wildman–Crippen LogP) is 5.82. The van der Waals surface area contributed by atoms with Crippen molar-refractivity contribution in [2.75, 3.05) is 6.54 Å². The predicted molar refractivity (Wildman–Crippen MR) is 118 cm³/mol. The van der Waals surface area contributed by atoms with Gasteiger partial charge in [0.2, 0.25) is 0 Å². The molecular formula is C22H22Cl3NO2. The number of aliphatic hydroxyl groups excluding tert-OH is 1. The van der Waals surface area contributed by atoms with Gasteiger partial charge in [-0.1, -0.05) is 77.8 Å². The highest BCUT2D eigenvalue weighted by Gasteiger charge is 2.09. The van der Waals surface area contributed by atoms with Crippen molar-refractivity contribution in [2.24, 2.45) is 0 Å². The Labute approximate surface area is 181 Å². The van der Waals surface area contributed by atoms with Gasteiger partial charge >= 0.3 is 0 Å². The largest absolute Gasteiger partial charge is 0.489 e. The Morgan fingerprint density at radius 3 is 2.36 bits per heavy atom. The summed E-state index contributed by atoms with van der Waals surface area (Å²) in [7, 11) is 0. The normalized spacial score (nSPS) is 11.5. The first-order valence-corrected chi connectivity index (χ1v) is 9.47. The van der Waals surface area contributed by atoms with Crippen molar-refractivity contribution in [2.45, 2.75) is 19.3 Å². The molecule has 0 bridgehead atoms. The average molecular weight is 439 g/mol. The van der Waals surface area contributed by atoms with Crippen LogP contribution in [0.5, 0.6) is 5.75 Å². The minimum Gasteiger partial charge on any atom is -0.489 e. The fraction of sp³-hybridized carbons (Fsp3) is 0.182. The number of halogens is 3. The lowest BCUT2D eigenvalue weighted by Crippen LogP contribution is -2.21. The van der Waals surface area contributed by atoms with Crippen LogP contribution >= 0.6 is 35.6 Å². The lowest BCUT2D eigenvalue weighted by Gasteiger charge is -2.15. The van der Waals surface area contributed by atoms with Crippen LogP contribution in [0.2, 0.25) is 10.0 Å². The monoisotopic (exact) mass is 437 g/mol. The second kappa shape index (κ2) is 11.3. The minimum absolute atomic E-state index is 0. The summed E-state index contributed by atoms with van der Waals surface area (Å²) < 4.78 is 5.96. The Hall–Kier alpha value is -1.75. The van der Waals surface area contributed by atoms with Gasteiger partial charge < -0.3 is 15.2 Å². The number of aliphatic hydroxyl groups is 1. The second-order valence-electron chi connectivity index (χ2n) is 6.19. The lowest BCUT2D eigenvalue weighted by molar-refractivity contribution is 0.174. The van der Waals surface area contributed by atoms with Crippen LogP contribution in [0, 0.1) is 0 Å². The molecule has 0 aliphatic rings. The molecule has 0 saturated heterocycles. The van der Waals surface area contributed by atoms with Crippen molar-refractivity contribution in [3.05, 3.63) is 99.5 Å². The number of para-hydroxylation sites is 1. The summed E-state index contributed by atoms with van der Waals surface area (Å²) in [5.41, 5.74) is 2.79. The first-order chi connectivity index (χ1) is 13.1. The number of hydrogen-bond donors (Lipinski definition) is 2. The van der Waals surface area contributed by atoms with Gasteiger partial charge in [-0.3, -0.25) is 0 Å². The van der Waals surface area contributed by atoms with Gasteiger partial charge in [0.25, 0.3) is 0 Å². The van der Waals surface area contributed by atoms with E-state index < -0.39 is 6.10 Å². The Morgan fingerprint density at radius 1 is 0.893 bits per heavy atom. The molecule has 1 unspecified atom stereocenters. The molecule has 28 heavy (non-hydrogen) atoms. The molecule has 0 aliphatic heterocycles. The van der Waals surface area contributed by atoms with Crippen molar-refractivity contribution in [3.63, 3.8) is 0 Å². The van der Waals surface area contributed by atoms with Crippen molar-refractivity contribution in [3.8, 4) is 5.75 Å². The minimum atomic E-state index is -0.549. The maximum atomic E-state index is 10.3. The highest BCUT2D eigenvalue weighted by Crippen LogP contribution is 2.24. The zero-order valence-electron chi connectivity index (χ0n) is 15.1. The van der Waals surface area contributed by atoms with Gasteiger partial charge in [0.05, 0.1) is 6.10 Å². The van der Waals surface area contributed by atoms with Crippen LogP contribution in [0.4, 0.5) is 0 Å². The maximum absolute atomic E-state index is 10.3. The van der Waals surface area contributed by atoms with Crippen molar-refractivity contribution < 1.29 is 9.84 Å².